The maximum atomic E-state index is 5.78. The maximum Gasteiger partial charge on any atom is 0.233 e. The van der Waals surface area contributed by atoms with Crippen LogP contribution in [0, 0.1) is 0 Å². The first kappa shape index (κ1) is 11.6. The smallest absolute Gasteiger partial charge is 0.233 e. The lowest BCUT2D eigenvalue weighted by Gasteiger charge is -2.17. The van der Waals surface area contributed by atoms with Gasteiger partial charge in [-0.1, -0.05) is 26.2 Å². The third-order valence-electron chi connectivity index (χ3n) is 3.47. The summed E-state index contributed by atoms with van der Waals surface area (Å²) in [6.07, 6.45) is 7.33. The molecule has 0 bridgehead atoms. The van der Waals surface area contributed by atoms with Crippen LogP contribution in [0.4, 0.5) is 0 Å². The van der Waals surface area contributed by atoms with E-state index < -0.39 is 0 Å². The minimum atomic E-state index is 0.199. The van der Waals surface area contributed by atoms with Crippen molar-refractivity contribution in [2.45, 2.75) is 57.4 Å². The summed E-state index contributed by atoms with van der Waals surface area (Å²) >= 11 is 0. The lowest BCUT2D eigenvalue weighted by atomic mass is 9.89. The van der Waals surface area contributed by atoms with E-state index >= 15 is 0 Å². The summed E-state index contributed by atoms with van der Waals surface area (Å²) < 4.78 is 5.78. The predicted octanol–water partition coefficient (Wildman–Crippen LogP) is 2.79. The Morgan fingerprint density at radius 2 is 2.06 bits per heavy atom. The van der Waals surface area contributed by atoms with Crippen LogP contribution in [-0.2, 0) is 0 Å². The van der Waals surface area contributed by atoms with E-state index in [9.17, 15) is 0 Å². The number of aromatic nitrogens is 2. The van der Waals surface area contributed by atoms with Crippen LogP contribution in [0.1, 0.15) is 69.2 Å². The lowest BCUT2D eigenvalue weighted by Crippen LogP contribution is -2.15. The second kappa shape index (κ2) is 5.43. The SMILES string of the molecule is CCC(NC)c1nnc(C2CCCCC2)o1. The van der Waals surface area contributed by atoms with Crippen LogP contribution in [-0.4, -0.2) is 17.2 Å². The van der Waals surface area contributed by atoms with Crippen molar-refractivity contribution in [2.24, 2.45) is 0 Å². The number of rotatable bonds is 4. The molecule has 4 heteroatoms. The summed E-state index contributed by atoms with van der Waals surface area (Å²) in [4.78, 5) is 0. The van der Waals surface area contributed by atoms with E-state index in [1.165, 1.54) is 32.1 Å². The molecule has 0 aliphatic heterocycles. The second-order valence-corrected chi connectivity index (χ2v) is 4.56. The van der Waals surface area contributed by atoms with Crippen molar-refractivity contribution >= 4 is 0 Å². The molecule has 2 rings (SSSR count). The van der Waals surface area contributed by atoms with Gasteiger partial charge in [0.05, 0.1) is 6.04 Å². The lowest BCUT2D eigenvalue weighted by molar-refractivity contribution is 0.331. The van der Waals surface area contributed by atoms with E-state index in [0.29, 0.717) is 5.92 Å². The fraction of sp³-hybridized carbons (Fsp3) is 0.833. The molecule has 4 nitrogen and oxygen atoms in total. The number of nitrogens with one attached hydrogen (secondary N) is 1. The molecule has 1 aliphatic rings. The van der Waals surface area contributed by atoms with Gasteiger partial charge in [-0.3, -0.25) is 0 Å². The maximum absolute atomic E-state index is 5.78. The van der Waals surface area contributed by atoms with Crippen molar-refractivity contribution in [2.75, 3.05) is 7.05 Å². The zero-order valence-electron chi connectivity index (χ0n) is 10.2. The molecule has 1 aliphatic carbocycles. The minimum absolute atomic E-state index is 0.199. The van der Waals surface area contributed by atoms with Gasteiger partial charge in [0.15, 0.2) is 0 Å². The Balaban J connectivity index is 2.05. The third kappa shape index (κ3) is 2.43. The van der Waals surface area contributed by atoms with Crippen LogP contribution >= 0.6 is 0 Å². The third-order valence-corrected chi connectivity index (χ3v) is 3.47. The summed E-state index contributed by atoms with van der Waals surface area (Å²) in [6.45, 7) is 2.12. The van der Waals surface area contributed by atoms with E-state index in [1.807, 2.05) is 7.05 Å². The van der Waals surface area contributed by atoms with Gasteiger partial charge in [0.2, 0.25) is 11.8 Å². The highest BCUT2D eigenvalue weighted by Gasteiger charge is 2.23. The Morgan fingerprint density at radius 1 is 1.31 bits per heavy atom. The molecular formula is C12H21N3O. The average molecular weight is 223 g/mol. The van der Waals surface area contributed by atoms with Crippen molar-refractivity contribution < 1.29 is 4.42 Å². The molecule has 1 N–H and O–H groups in total. The Bertz CT molecular complexity index is 314. The standard InChI is InChI=1S/C12H21N3O/c1-3-10(13-2)12-15-14-11(16-12)9-7-5-4-6-8-9/h9-10,13H,3-8H2,1-2H3. The minimum Gasteiger partial charge on any atom is -0.423 e. The molecule has 90 valence electrons. The molecule has 1 aromatic heterocycles. The summed E-state index contributed by atoms with van der Waals surface area (Å²) in [7, 11) is 1.93. The summed E-state index contributed by atoms with van der Waals surface area (Å²) in [5.41, 5.74) is 0. The molecule has 1 fully saturated rings. The second-order valence-electron chi connectivity index (χ2n) is 4.56. The van der Waals surface area contributed by atoms with Crippen molar-refractivity contribution in [1.29, 1.82) is 0 Å². The summed E-state index contributed by atoms with van der Waals surface area (Å²) in [6, 6.07) is 0.199. The van der Waals surface area contributed by atoms with E-state index in [4.69, 9.17) is 4.42 Å². The highest BCUT2D eigenvalue weighted by atomic mass is 16.4. The predicted molar refractivity (Wildman–Crippen MR) is 62.2 cm³/mol. The van der Waals surface area contributed by atoms with Crippen molar-refractivity contribution in [3.63, 3.8) is 0 Å². The molecule has 0 radical (unpaired) electrons. The molecule has 1 heterocycles. The molecule has 0 amide bonds. The van der Waals surface area contributed by atoms with Gasteiger partial charge in [-0.05, 0) is 26.3 Å². The topological polar surface area (TPSA) is 51.0 Å². The number of hydrogen-bond donors (Lipinski definition) is 1. The first-order valence-electron chi connectivity index (χ1n) is 6.35. The number of hydrogen-bond acceptors (Lipinski definition) is 4. The summed E-state index contributed by atoms with van der Waals surface area (Å²) in [5.74, 6) is 2.10. The molecule has 0 saturated heterocycles. The highest BCUT2D eigenvalue weighted by Crippen LogP contribution is 2.32. The summed E-state index contributed by atoms with van der Waals surface area (Å²) in [5, 5.41) is 11.5. The van der Waals surface area contributed by atoms with Crippen molar-refractivity contribution in [3.05, 3.63) is 11.8 Å². The van der Waals surface area contributed by atoms with Crippen LogP contribution < -0.4 is 5.32 Å². The Hall–Kier alpha value is -0.900. The van der Waals surface area contributed by atoms with Gasteiger partial charge in [-0.2, -0.15) is 0 Å². The fourth-order valence-electron chi connectivity index (χ4n) is 2.40. The quantitative estimate of drug-likeness (QED) is 0.852. The van der Waals surface area contributed by atoms with Crippen LogP contribution in [0.5, 0.6) is 0 Å². The molecule has 16 heavy (non-hydrogen) atoms. The van der Waals surface area contributed by atoms with Crippen LogP contribution in [0.2, 0.25) is 0 Å². The van der Waals surface area contributed by atoms with Gasteiger partial charge >= 0.3 is 0 Å². The Kier molecular flexibility index (Phi) is 3.93. The van der Waals surface area contributed by atoms with Crippen LogP contribution in [0.3, 0.4) is 0 Å². The molecule has 0 spiro atoms. The zero-order valence-corrected chi connectivity index (χ0v) is 10.2. The van der Waals surface area contributed by atoms with Gasteiger partial charge in [0.1, 0.15) is 0 Å². The fourth-order valence-corrected chi connectivity index (χ4v) is 2.40. The van der Waals surface area contributed by atoms with Gasteiger partial charge in [0, 0.05) is 5.92 Å². The van der Waals surface area contributed by atoms with E-state index in [1.54, 1.807) is 0 Å². The van der Waals surface area contributed by atoms with Crippen LogP contribution in [0.15, 0.2) is 4.42 Å². The molecule has 1 aromatic rings. The van der Waals surface area contributed by atoms with Crippen LogP contribution in [0.25, 0.3) is 0 Å². The molecule has 1 atom stereocenters. The van der Waals surface area contributed by atoms with Crippen molar-refractivity contribution in [1.82, 2.24) is 15.5 Å². The van der Waals surface area contributed by atoms with E-state index in [2.05, 4.69) is 22.4 Å². The Labute approximate surface area is 96.8 Å². The monoisotopic (exact) mass is 223 g/mol. The van der Waals surface area contributed by atoms with Crippen molar-refractivity contribution in [3.8, 4) is 0 Å². The molecular weight excluding hydrogens is 202 g/mol. The average Bonchev–Trinajstić information content (AvgIpc) is 2.81. The first-order chi connectivity index (χ1) is 7.85. The zero-order chi connectivity index (χ0) is 11.4. The largest absolute Gasteiger partial charge is 0.423 e. The van der Waals surface area contributed by atoms with Gasteiger partial charge in [-0.25, -0.2) is 0 Å². The number of nitrogens with zero attached hydrogens (tertiary/aromatic N) is 2. The van der Waals surface area contributed by atoms with Gasteiger partial charge in [-0.15, -0.1) is 10.2 Å². The van der Waals surface area contributed by atoms with E-state index in [0.717, 1.165) is 18.2 Å². The molecule has 1 saturated carbocycles. The molecule has 0 aromatic carbocycles. The van der Waals surface area contributed by atoms with Gasteiger partial charge in [0.25, 0.3) is 0 Å². The Morgan fingerprint density at radius 3 is 2.69 bits per heavy atom. The molecule has 1 unspecified atom stereocenters. The first-order valence-corrected chi connectivity index (χ1v) is 6.35. The van der Waals surface area contributed by atoms with E-state index in [-0.39, 0.29) is 6.04 Å². The highest BCUT2D eigenvalue weighted by molar-refractivity contribution is 4.95. The van der Waals surface area contributed by atoms with Gasteiger partial charge < -0.3 is 9.73 Å². The normalized spacial score (nSPS) is 19.9.